The maximum absolute atomic E-state index is 12.1. The van der Waals surface area contributed by atoms with Gasteiger partial charge in [-0.25, -0.2) is 9.59 Å². The van der Waals surface area contributed by atoms with E-state index in [9.17, 15) is 9.59 Å². The van der Waals surface area contributed by atoms with Gasteiger partial charge in [0.15, 0.2) is 0 Å². The maximum Gasteiger partial charge on any atom is 0.326 e. The number of benzene rings is 1. The summed E-state index contributed by atoms with van der Waals surface area (Å²) in [6.45, 7) is 0.455. The molecule has 1 saturated heterocycles. The van der Waals surface area contributed by atoms with Crippen LogP contribution in [0.15, 0.2) is 22.7 Å². The monoisotopic (exact) mass is 342 g/mol. The van der Waals surface area contributed by atoms with Crippen LogP contribution in [0.1, 0.15) is 12.8 Å². The number of amides is 2. The Balaban J connectivity index is 2.09. The number of urea groups is 1. The van der Waals surface area contributed by atoms with Crippen molar-refractivity contribution in [2.75, 3.05) is 19.0 Å². The minimum Gasteiger partial charge on any atom is -0.495 e. The van der Waals surface area contributed by atoms with E-state index in [0.29, 0.717) is 30.8 Å². The molecule has 1 aromatic carbocycles. The van der Waals surface area contributed by atoms with Gasteiger partial charge in [-0.2, -0.15) is 0 Å². The average molecular weight is 343 g/mol. The highest BCUT2D eigenvalue weighted by molar-refractivity contribution is 9.10. The molecule has 6 nitrogen and oxygen atoms in total. The van der Waals surface area contributed by atoms with Gasteiger partial charge in [-0.1, -0.05) is 0 Å². The Morgan fingerprint density at radius 3 is 2.90 bits per heavy atom. The molecule has 1 aliphatic rings. The van der Waals surface area contributed by atoms with E-state index >= 15 is 0 Å². The van der Waals surface area contributed by atoms with Gasteiger partial charge >= 0.3 is 12.0 Å². The first-order valence-corrected chi connectivity index (χ1v) is 6.96. The summed E-state index contributed by atoms with van der Waals surface area (Å²) in [6, 6.07) is 4.00. The van der Waals surface area contributed by atoms with Crippen LogP contribution in [-0.2, 0) is 4.79 Å². The highest BCUT2D eigenvalue weighted by Crippen LogP contribution is 2.28. The van der Waals surface area contributed by atoms with Gasteiger partial charge in [-0.3, -0.25) is 0 Å². The third kappa shape index (κ3) is 3.04. The Morgan fingerprint density at radius 2 is 2.25 bits per heavy atom. The molecular formula is C13H15BrN2O4. The molecule has 108 valence electrons. The molecule has 0 aromatic heterocycles. The van der Waals surface area contributed by atoms with Gasteiger partial charge in [0.1, 0.15) is 11.8 Å². The second-order valence-electron chi connectivity index (χ2n) is 4.47. The highest BCUT2D eigenvalue weighted by Gasteiger charge is 2.33. The lowest BCUT2D eigenvalue weighted by Crippen LogP contribution is -2.42. The summed E-state index contributed by atoms with van der Waals surface area (Å²) in [6.07, 6.45) is 1.19. The van der Waals surface area contributed by atoms with Gasteiger partial charge in [-0.15, -0.1) is 0 Å². The number of hydrogen-bond acceptors (Lipinski definition) is 3. The minimum absolute atomic E-state index is 0.403. The number of halogens is 1. The molecule has 0 saturated carbocycles. The largest absolute Gasteiger partial charge is 0.495 e. The number of nitrogens with one attached hydrogen (secondary N) is 1. The summed E-state index contributed by atoms with van der Waals surface area (Å²) in [7, 11) is 1.53. The fourth-order valence-corrected chi connectivity index (χ4v) is 2.61. The second kappa shape index (κ2) is 6.13. The van der Waals surface area contributed by atoms with Gasteiger partial charge in [-0.05, 0) is 40.9 Å². The normalized spacial score (nSPS) is 17.9. The van der Waals surface area contributed by atoms with E-state index in [1.54, 1.807) is 18.2 Å². The second-order valence-corrected chi connectivity index (χ2v) is 5.32. The SMILES string of the molecule is COc1cc(NC(=O)N2CCC[C@H]2C(=O)O)ccc1Br. The molecule has 20 heavy (non-hydrogen) atoms. The fourth-order valence-electron chi connectivity index (χ4n) is 2.20. The molecule has 1 heterocycles. The summed E-state index contributed by atoms with van der Waals surface area (Å²) < 4.78 is 5.93. The van der Waals surface area contributed by atoms with Crippen molar-refractivity contribution in [2.45, 2.75) is 18.9 Å². The topological polar surface area (TPSA) is 78.9 Å². The summed E-state index contributed by atoms with van der Waals surface area (Å²) in [5.41, 5.74) is 0.561. The summed E-state index contributed by atoms with van der Waals surface area (Å²) in [4.78, 5) is 24.5. The number of likely N-dealkylation sites (tertiary alicyclic amines) is 1. The summed E-state index contributed by atoms with van der Waals surface area (Å²) >= 11 is 3.33. The van der Waals surface area contributed by atoms with Crippen LogP contribution < -0.4 is 10.1 Å². The van der Waals surface area contributed by atoms with Crippen molar-refractivity contribution in [3.05, 3.63) is 22.7 Å². The Morgan fingerprint density at radius 1 is 1.50 bits per heavy atom. The van der Waals surface area contributed by atoms with Gasteiger partial charge in [0.05, 0.1) is 11.6 Å². The van der Waals surface area contributed by atoms with Crippen LogP contribution in [0.4, 0.5) is 10.5 Å². The first kappa shape index (κ1) is 14.6. The number of rotatable bonds is 3. The molecule has 1 aromatic rings. The molecule has 0 radical (unpaired) electrons. The third-order valence-corrected chi connectivity index (χ3v) is 3.86. The zero-order valence-corrected chi connectivity index (χ0v) is 12.5. The van der Waals surface area contributed by atoms with Gasteiger partial charge in [0.2, 0.25) is 0 Å². The number of aliphatic carboxylic acids is 1. The number of anilines is 1. The van der Waals surface area contributed by atoms with Crippen molar-refractivity contribution in [2.24, 2.45) is 0 Å². The number of methoxy groups -OCH3 is 1. The maximum atomic E-state index is 12.1. The number of carboxylic acid groups (broad SMARTS) is 1. The average Bonchev–Trinajstić information content (AvgIpc) is 2.90. The molecule has 7 heteroatoms. The smallest absolute Gasteiger partial charge is 0.326 e. The van der Waals surface area contributed by atoms with Crippen LogP contribution in [0, 0.1) is 0 Å². The van der Waals surface area contributed by atoms with Crippen molar-refractivity contribution in [1.82, 2.24) is 4.90 Å². The number of ether oxygens (including phenoxy) is 1. The molecule has 2 amide bonds. The quantitative estimate of drug-likeness (QED) is 0.884. The van der Waals surface area contributed by atoms with Crippen molar-refractivity contribution in [1.29, 1.82) is 0 Å². The Bertz CT molecular complexity index is 535. The molecule has 2 N–H and O–H groups in total. The minimum atomic E-state index is -0.967. The van der Waals surface area contributed by atoms with E-state index in [0.717, 1.165) is 4.47 Å². The van der Waals surface area contributed by atoms with Crippen LogP contribution in [0.25, 0.3) is 0 Å². The zero-order chi connectivity index (χ0) is 14.7. The number of carbonyl (C=O) groups excluding carboxylic acids is 1. The van der Waals surface area contributed by atoms with Gasteiger partial charge in [0, 0.05) is 18.3 Å². The van der Waals surface area contributed by atoms with E-state index in [1.807, 2.05) is 0 Å². The first-order valence-electron chi connectivity index (χ1n) is 6.17. The standard InChI is InChI=1S/C13H15BrN2O4/c1-20-11-7-8(4-5-9(11)14)15-13(19)16-6-2-3-10(16)12(17)18/h4-5,7,10H,2-3,6H2,1H3,(H,15,19)(H,17,18)/t10-/m0/s1. The molecular weight excluding hydrogens is 328 g/mol. The van der Waals surface area contributed by atoms with E-state index < -0.39 is 18.0 Å². The number of nitrogens with zero attached hydrogens (tertiary/aromatic N) is 1. The molecule has 2 rings (SSSR count). The van der Waals surface area contributed by atoms with E-state index in [2.05, 4.69) is 21.2 Å². The van der Waals surface area contributed by atoms with Crippen molar-refractivity contribution in [3.8, 4) is 5.75 Å². The van der Waals surface area contributed by atoms with Crippen LogP contribution >= 0.6 is 15.9 Å². The van der Waals surface area contributed by atoms with E-state index in [-0.39, 0.29) is 0 Å². The highest BCUT2D eigenvalue weighted by atomic mass is 79.9. The molecule has 0 bridgehead atoms. The number of hydrogen-bond donors (Lipinski definition) is 2. The van der Waals surface area contributed by atoms with Crippen molar-refractivity contribution in [3.63, 3.8) is 0 Å². The fraction of sp³-hybridized carbons (Fsp3) is 0.385. The predicted molar refractivity (Wildman–Crippen MR) is 77.1 cm³/mol. The molecule has 1 atom stereocenters. The molecule has 0 spiro atoms. The Kier molecular flexibility index (Phi) is 4.49. The number of carboxylic acids is 1. The third-order valence-electron chi connectivity index (χ3n) is 3.20. The Labute approximate surface area is 124 Å². The molecule has 1 fully saturated rings. The molecule has 1 aliphatic heterocycles. The van der Waals surface area contributed by atoms with Gasteiger partial charge in [0.25, 0.3) is 0 Å². The van der Waals surface area contributed by atoms with E-state index in [1.165, 1.54) is 12.0 Å². The van der Waals surface area contributed by atoms with E-state index in [4.69, 9.17) is 9.84 Å². The first-order chi connectivity index (χ1) is 9.52. The summed E-state index contributed by atoms with van der Waals surface area (Å²) in [5, 5.41) is 11.8. The van der Waals surface area contributed by atoms with Crippen LogP contribution in [-0.4, -0.2) is 41.7 Å². The number of carbonyl (C=O) groups is 2. The van der Waals surface area contributed by atoms with Crippen molar-refractivity contribution >= 4 is 33.6 Å². The molecule has 0 unspecified atom stereocenters. The Hall–Kier alpha value is -1.76. The van der Waals surface area contributed by atoms with Crippen LogP contribution in [0.2, 0.25) is 0 Å². The lowest BCUT2D eigenvalue weighted by molar-refractivity contribution is -0.141. The lowest BCUT2D eigenvalue weighted by Gasteiger charge is -2.22. The van der Waals surface area contributed by atoms with Crippen LogP contribution in [0.3, 0.4) is 0 Å². The predicted octanol–water partition coefficient (Wildman–Crippen LogP) is 2.54. The van der Waals surface area contributed by atoms with Crippen molar-refractivity contribution < 1.29 is 19.4 Å². The zero-order valence-electron chi connectivity index (χ0n) is 10.9. The van der Waals surface area contributed by atoms with Gasteiger partial charge < -0.3 is 20.1 Å². The summed E-state index contributed by atoms with van der Waals surface area (Å²) in [5.74, 6) is -0.370. The van der Waals surface area contributed by atoms with Crippen LogP contribution in [0.5, 0.6) is 5.75 Å². The molecule has 0 aliphatic carbocycles. The lowest BCUT2D eigenvalue weighted by atomic mass is 10.2.